The number of hydrogen-bond donors (Lipinski definition) is 1. The second-order valence-corrected chi connectivity index (χ2v) is 4.56. The summed E-state index contributed by atoms with van der Waals surface area (Å²) in [5.41, 5.74) is 9.15. The fourth-order valence-corrected chi connectivity index (χ4v) is 2.26. The molecule has 4 nitrogen and oxygen atoms in total. The van der Waals surface area contributed by atoms with Crippen molar-refractivity contribution >= 4 is 10.9 Å². The van der Waals surface area contributed by atoms with Crippen LogP contribution in [0.3, 0.4) is 0 Å². The van der Waals surface area contributed by atoms with Gasteiger partial charge in [0.05, 0.1) is 24.9 Å². The topological polar surface area (TPSA) is 61.0 Å². The van der Waals surface area contributed by atoms with Gasteiger partial charge in [0.15, 0.2) is 0 Å². The van der Waals surface area contributed by atoms with Crippen LogP contribution >= 0.6 is 0 Å². The molecule has 0 aliphatic heterocycles. The van der Waals surface area contributed by atoms with Gasteiger partial charge >= 0.3 is 0 Å². The van der Waals surface area contributed by atoms with Crippen molar-refractivity contribution in [3.05, 3.63) is 66.1 Å². The molecule has 0 amide bonds. The van der Waals surface area contributed by atoms with Gasteiger partial charge in [0.2, 0.25) is 0 Å². The lowest BCUT2D eigenvalue weighted by Gasteiger charge is -2.15. The van der Waals surface area contributed by atoms with Crippen molar-refractivity contribution in [1.29, 1.82) is 0 Å². The Bertz CT molecular complexity index is 742. The predicted molar refractivity (Wildman–Crippen MR) is 78.6 cm³/mol. The number of fused-ring (bicyclic) bond motifs is 1. The van der Waals surface area contributed by atoms with Crippen molar-refractivity contribution in [1.82, 2.24) is 9.97 Å². The number of benzene rings is 1. The first-order chi connectivity index (χ1) is 9.79. The maximum atomic E-state index is 6.34. The maximum absolute atomic E-state index is 6.34. The van der Waals surface area contributed by atoms with E-state index in [0.29, 0.717) is 5.75 Å². The first-order valence-electron chi connectivity index (χ1n) is 6.38. The molecule has 0 saturated carbocycles. The molecule has 0 radical (unpaired) electrons. The second kappa shape index (κ2) is 5.27. The molecule has 2 aromatic heterocycles. The zero-order valence-electron chi connectivity index (χ0n) is 11.2. The second-order valence-electron chi connectivity index (χ2n) is 4.56. The number of ether oxygens (including phenoxy) is 1. The van der Waals surface area contributed by atoms with Crippen LogP contribution in [0.25, 0.3) is 10.9 Å². The highest BCUT2D eigenvalue weighted by Crippen LogP contribution is 2.28. The van der Waals surface area contributed by atoms with E-state index in [-0.39, 0.29) is 6.04 Å². The quantitative estimate of drug-likeness (QED) is 0.791. The number of nitrogens with two attached hydrogens (primary N) is 1. The Hall–Kier alpha value is -2.46. The van der Waals surface area contributed by atoms with E-state index in [2.05, 4.69) is 16.0 Å². The van der Waals surface area contributed by atoms with Crippen LogP contribution in [0.4, 0.5) is 0 Å². The van der Waals surface area contributed by atoms with Gasteiger partial charge in [0, 0.05) is 23.3 Å². The van der Waals surface area contributed by atoms with Crippen LogP contribution in [0, 0.1) is 0 Å². The Labute approximate surface area is 117 Å². The van der Waals surface area contributed by atoms with E-state index in [0.717, 1.165) is 22.0 Å². The largest absolute Gasteiger partial charge is 0.495 e. The lowest BCUT2D eigenvalue weighted by molar-refractivity contribution is 0.406. The van der Waals surface area contributed by atoms with Crippen molar-refractivity contribution in [2.24, 2.45) is 5.73 Å². The van der Waals surface area contributed by atoms with Crippen molar-refractivity contribution in [3.63, 3.8) is 0 Å². The minimum absolute atomic E-state index is 0.287. The molecule has 0 bridgehead atoms. The van der Waals surface area contributed by atoms with Crippen LogP contribution in [-0.2, 0) is 0 Å². The Morgan fingerprint density at radius 2 is 2.00 bits per heavy atom. The summed E-state index contributed by atoms with van der Waals surface area (Å²) in [4.78, 5) is 8.49. The lowest BCUT2D eigenvalue weighted by Crippen LogP contribution is -2.13. The summed E-state index contributed by atoms with van der Waals surface area (Å²) in [6.07, 6.45) is 5.20. The molecule has 0 aliphatic carbocycles. The molecule has 2 N–H and O–H groups in total. The van der Waals surface area contributed by atoms with Crippen LogP contribution in [0.1, 0.15) is 17.2 Å². The van der Waals surface area contributed by atoms with E-state index < -0.39 is 0 Å². The molecule has 0 saturated heterocycles. The third-order valence-corrected chi connectivity index (χ3v) is 3.34. The molecule has 0 aliphatic rings. The third kappa shape index (κ3) is 2.21. The summed E-state index contributed by atoms with van der Waals surface area (Å²) in [7, 11) is 1.62. The third-order valence-electron chi connectivity index (χ3n) is 3.34. The van der Waals surface area contributed by atoms with Crippen LogP contribution in [0.15, 0.2) is 55.0 Å². The summed E-state index contributed by atoms with van der Waals surface area (Å²) < 4.78 is 5.31. The first kappa shape index (κ1) is 12.6. The number of rotatable bonds is 3. The van der Waals surface area contributed by atoms with Gasteiger partial charge in [-0.05, 0) is 23.8 Å². The highest BCUT2D eigenvalue weighted by Gasteiger charge is 2.14. The van der Waals surface area contributed by atoms with Gasteiger partial charge < -0.3 is 10.5 Å². The average Bonchev–Trinajstić information content (AvgIpc) is 2.53. The summed E-state index contributed by atoms with van der Waals surface area (Å²) >= 11 is 0. The van der Waals surface area contributed by atoms with Crippen molar-refractivity contribution in [2.75, 3.05) is 7.11 Å². The standard InChI is InChI=1S/C16H15N3O/c1-20-15-10-18-7-6-13(15)16(17)12-8-11-4-2-3-5-14(11)19-9-12/h2-10,16H,17H2,1H3. The number of hydrogen-bond acceptors (Lipinski definition) is 4. The molecule has 3 aromatic rings. The highest BCUT2D eigenvalue weighted by atomic mass is 16.5. The number of aromatic nitrogens is 2. The van der Waals surface area contributed by atoms with Gasteiger partial charge in [-0.1, -0.05) is 18.2 Å². The molecule has 1 atom stereocenters. The molecule has 3 rings (SSSR count). The smallest absolute Gasteiger partial charge is 0.142 e. The predicted octanol–water partition coefficient (Wildman–Crippen LogP) is 2.69. The van der Waals surface area contributed by atoms with Gasteiger partial charge in [0.1, 0.15) is 5.75 Å². The van der Waals surface area contributed by atoms with E-state index >= 15 is 0 Å². The van der Waals surface area contributed by atoms with Gasteiger partial charge in [0.25, 0.3) is 0 Å². The first-order valence-corrected chi connectivity index (χ1v) is 6.38. The van der Waals surface area contributed by atoms with Gasteiger partial charge in [-0.15, -0.1) is 0 Å². The zero-order valence-corrected chi connectivity index (χ0v) is 11.2. The number of nitrogens with zero attached hydrogens (tertiary/aromatic N) is 2. The average molecular weight is 265 g/mol. The molecule has 1 unspecified atom stereocenters. The Kier molecular flexibility index (Phi) is 3.31. The maximum Gasteiger partial charge on any atom is 0.142 e. The molecule has 0 fully saturated rings. The van der Waals surface area contributed by atoms with Crippen molar-refractivity contribution in [3.8, 4) is 5.75 Å². The number of pyridine rings is 2. The van der Waals surface area contributed by atoms with E-state index in [1.54, 1.807) is 19.5 Å². The van der Waals surface area contributed by atoms with Gasteiger partial charge in [-0.3, -0.25) is 9.97 Å². The highest BCUT2D eigenvalue weighted by molar-refractivity contribution is 5.79. The number of methoxy groups -OCH3 is 1. The Balaban J connectivity index is 2.05. The fourth-order valence-electron chi connectivity index (χ4n) is 2.26. The molecule has 20 heavy (non-hydrogen) atoms. The molecule has 1 aromatic carbocycles. The van der Waals surface area contributed by atoms with E-state index in [1.165, 1.54) is 0 Å². The van der Waals surface area contributed by atoms with E-state index in [9.17, 15) is 0 Å². The monoisotopic (exact) mass is 265 g/mol. The molecular weight excluding hydrogens is 250 g/mol. The summed E-state index contributed by atoms with van der Waals surface area (Å²) in [5.74, 6) is 0.688. The Morgan fingerprint density at radius 3 is 2.85 bits per heavy atom. The summed E-state index contributed by atoms with van der Waals surface area (Å²) in [6.45, 7) is 0. The van der Waals surface area contributed by atoms with Crippen LogP contribution in [-0.4, -0.2) is 17.1 Å². The lowest BCUT2D eigenvalue weighted by atomic mass is 10.00. The summed E-state index contributed by atoms with van der Waals surface area (Å²) in [5, 5.41) is 1.08. The van der Waals surface area contributed by atoms with Gasteiger partial charge in [-0.25, -0.2) is 0 Å². The van der Waals surface area contributed by atoms with Gasteiger partial charge in [-0.2, -0.15) is 0 Å². The SMILES string of the molecule is COc1cnccc1C(N)c1cnc2ccccc2c1. The zero-order chi connectivity index (χ0) is 13.9. The minimum atomic E-state index is -0.287. The minimum Gasteiger partial charge on any atom is -0.495 e. The molecule has 2 heterocycles. The van der Waals surface area contributed by atoms with E-state index in [4.69, 9.17) is 10.5 Å². The molecule has 4 heteroatoms. The normalized spacial score (nSPS) is 12.3. The summed E-state index contributed by atoms with van der Waals surface area (Å²) in [6, 6.07) is 11.6. The van der Waals surface area contributed by atoms with Crippen molar-refractivity contribution in [2.45, 2.75) is 6.04 Å². The molecule has 100 valence electrons. The Morgan fingerprint density at radius 1 is 1.15 bits per heavy atom. The molecular formula is C16H15N3O. The molecule has 0 spiro atoms. The fraction of sp³-hybridized carbons (Fsp3) is 0.125. The number of para-hydroxylation sites is 1. The van der Waals surface area contributed by atoms with Crippen LogP contribution in [0.2, 0.25) is 0 Å². The van der Waals surface area contributed by atoms with Crippen LogP contribution < -0.4 is 10.5 Å². The van der Waals surface area contributed by atoms with Crippen molar-refractivity contribution < 1.29 is 4.74 Å². The van der Waals surface area contributed by atoms with E-state index in [1.807, 2.05) is 36.5 Å². The van der Waals surface area contributed by atoms with Crippen LogP contribution in [0.5, 0.6) is 5.75 Å².